The molecule has 0 bridgehead atoms. The molecule has 0 radical (unpaired) electrons. The number of unbranched alkanes of at least 4 members (excludes halogenated alkanes) is 28. The summed E-state index contributed by atoms with van der Waals surface area (Å²) in [6.07, 6.45) is 36.1. The van der Waals surface area contributed by atoms with E-state index in [-0.39, 0.29) is 71.3 Å². The maximum absolute atomic E-state index is 12.8. The zero-order valence-corrected chi connectivity index (χ0v) is 41.5. The van der Waals surface area contributed by atoms with E-state index < -0.39 is 32.5 Å². The standard InChI is InChI=1S/C48H93N4O11P/c1-3-5-7-9-11-13-15-17-19-21-23-25-27-29-31-33-47(54)60-43-45(63-48(55)34-32-30-28-26-24-22-20-18-16-14-12-10-8-6-4-2)44-62-64(56,57)61-40-36-50-46(53)35-38-58-41-42-59-39-37-51-52-49/h45H,3-44H2,1-2H3,(H,50,53)(H,56,57). The summed E-state index contributed by atoms with van der Waals surface area (Å²) in [5.74, 6) is -1.24. The molecule has 2 unspecified atom stereocenters. The average molecular weight is 933 g/mol. The van der Waals surface area contributed by atoms with Crippen molar-refractivity contribution in [3.05, 3.63) is 10.4 Å². The second kappa shape index (κ2) is 48.7. The first-order valence-corrected chi connectivity index (χ1v) is 27.1. The van der Waals surface area contributed by atoms with Crippen LogP contribution >= 0.6 is 7.82 Å². The van der Waals surface area contributed by atoms with Gasteiger partial charge in [-0.3, -0.25) is 23.4 Å². The van der Waals surface area contributed by atoms with Gasteiger partial charge in [-0.2, -0.15) is 0 Å². The molecule has 0 saturated heterocycles. The third-order valence-electron chi connectivity index (χ3n) is 11.0. The lowest BCUT2D eigenvalue weighted by Gasteiger charge is -2.20. The highest BCUT2D eigenvalue weighted by Gasteiger charge is 2.26. The van der Waals surface area contributed by atoms with E-state index in [4.69, 9.17) is 33.5 Å². The summed E-state index contributed by atoms with van der Waals surface area (Å²) in [4.78, 5) is 50.4. The monoisotopic (exact) mass is 933 g/mol. The van der Waals surface area contributed by atoms with Crippen LogP contribution in [-0.4, -0.2) is 88.2 Å². The van der Waals surface area contributed by atoms with E-state index in [0.717, 1.165) is 38.5 Å². The minimum absolute atomic E-state index is 0.0517. The maximum Gasteiger partial charge on any atom is 0.472 e. The van der Waals surface area contributed by atoms with Gasteiger partial charge in [0, 0.05) is 37.3 Å². The van der Waals surface area contributed by atoms with Crippen molar-refractivity contribution in [3.63, 3.8) is 0 Å². The highest BCUT2D eigenvalue weighted by atomic mass is 31.2. The molecule has 0 aromatic rings. The molecule has 0 aromatic carbocycles. The van der Waals surface area contributed by atoms with Gasteiger partial charge in [-0.1, -0.05) is 199 Å². The van der Waals surface area contributed by atoms with Crippen LogP contribution in [0.1, 0.15) is 226 Å². The third-order valence-corrected chi connectivity index (χ3v) is 12.0. The molecule has 2 N–H and O–H groups in total. The molecule has 0 spiro atoms. The Morgan fingerprint density at radius 1 is 0.547 bits per heavy atom. The second-order valence-electron chi connectivity index (χ2n) is 17.1. The van der Waals surface area contributed by atoms with E-state index in [0.29, 0.717) is 19.4 Å². The van der Waals surface area contributed by atoms with Crippen molar-refractivity contribution in [2.45, 2.75) is 232 Å². The van der Waals surface area contributed by atoms with Crippen molar-refractivity contribution in [1.82, 2.24) is 5.32 Å². The van der Waals surface area contributed by atoms with Crippen LogP contribution in [0.2, 0.25) is 0 Å². The average Bonchev–Trinajstić information content (AvgIpc) is 3.28. The van der Waals surface area contributed by atoms with E-state index in [1.807, 2.05) is 0 Å². The van der Waals surface area contributed by atoms with Crippen LogP contribution in [0.15, 0.2) is 5.11 Å². The molecule has 0 aliphatic carbocycles. The highest BCUT2D eigenvalue weighted by molar-refractivity contribution is 7.47. The fourth-order valence-corrected chi connectivity index (χ4v) is 7.94. The van der Waals surface area contributed by atoms with E-state index in [2.05, 4.69) is 29.2 Å². The number of phosphoric acid groups is 1. The van der Waals surface area contributed by atoms with Gasteiger partial charge in [0.2, 0.25) is 5.91 Å². The van der Waals surface area contributed by atoms with Gasteiger partial charge in [-0.15, -0.1) is 0 Å². The number of esters is 2. The number of amides is 1. The van der Waals surface area contributed by atoms with Crippen molar-refractivity contribution in [2.24, 2.45) is 5.11 Å². The maximum atomic E-state index is 12.8. The van der Waals surface area contributed by atoms with Crippen molar-refractivity contribution in [1.29, 1.82) is 0 Å². The largest absolute Gasteiger partial charge is 0.472 e. The number of rotatable bonds is 51. The number of hydrogen-bond donors (Lipinski definition) is 2. The number of phosphoric ester groups is 1. The van der Waals surface area contributed by atoms with Gasteiger partial charge in [-0.25, -0.2) is 4.57 Å². The van der Waals surface area contributed by atoms with Crippen LogP contribution < -0.4 is 5.32 Å². The molecule has 0 aliphatic rings. The zero-order valence-electron chi connectivity index (χ0n) is 40.6. The van der Waals surface area contributed by atoms with Crippen LogP contribution in [0.25, 0.3) is 10.4 Å². The van der Waals surface area contributed by atoms with Gasteiger partial charge in [0.1, 0.15) is 6.61 Å². The quantitative estimate of drug-likeness (QED) is 0.0147. The summed E-state index contributed by atoms with van der Waals surface area (Å²) in [5, 5.41) is 5.93. The van der Waals surface area contributed by atoms with Crippen LogP contribution in [0, 0.1) is 0 Å². The molecule has 2 atom stereocenters. The SMILES string of the molecule is CCCCCCCCCCCCCCCCCC(=O)OCC(COP(=O)(O)OCCNC(=O)CCOCCOCCN=[N+]=[N-])OC(=O)CCCCCCCCCCCCCCCCC. The predicted octanol–water partition coefficient (Wildman–Crippen LogP) is 12.9. The summed E-state index contributed by atoms with van der Waals surface area (Å²) in [5.41, 5.74) is 8.23. The summed E-state index contributed by atoms with van der Waals surface area (Å²) in [7, 11) is -4.59. The Kier molecular flexibility index (Phi) is 47.0. The van der Waals surface area contributed by atoms with Crippen LogP contribution in [0.5, 0.6) is 0 Å². The van der Waals surface area contributed by atoms with Gasteiger partial charge in [0.15, 0.2) is 6.10 Å². The fourth-order valence-electron chi connectivity index (χ4n) is 7.19. The number of nitrogens with zero attached hydrogens (tertiary/aromatic N) is 3. The van der Waals surface area contributed by atoms with E-state index in [1.165, 1.54) is 141 Å². The first-order chi connectivity index (χ1) is 31.2. The van der Waals surface area contributed by atoms with Gasteiger partial charge in [-0.05, 0) is 18.4 Å². The molecule has 64 heavy (non-hydrogen) atoms. The second-order valence-corrected chi connectivity index (χ2v) is 18.5. The highest BCUT2D eigenvalue weighted by Crippen LogP contribution is 2.43. The molecule has 1 amide bonds. The van der Waals surface area contributed by atoms with Crippen LogP contribution in [0.4, 0.5) is 0 Å². The number of carbonyl (C=O) groups is 3. The van der Waals surface area contributed by atoms with Crippen LogP contribution in [-0.2, 0) is 46.9 Å². The Bertz CT molecular complexity index is 1180. The van der Waals surface area contributed by atoms with Gasteiger partial charge in [0.05, 0.1) is 39.6 Å². The molecular weight excluding hydrogens is 840 g/mol. The lowest BCUT2D eigenvalue weighted by atomic mass is 10.0. The Morgan fingerprint density at radius 2 is 0.969 bits per heavy atom. The lowest BCUT2D eigenvalue weighted by Crippen LogP contribution is -2.30. The van der Waals surface area contributed by atoms with Crippen molar-refractivity contribution < 1.29 is 51.8 Å². The zero-order chi connectivity index (χ0) is 46.9. The molecule has 0 rings (SSSR count). The third kappa shape index (κ3) is 47.7. The summed E-state index contributed by atoms with van der Waals surface area (Å²) in [6, 6.07) is 0. The molecule has 0 aromatic heterocycles. The molecule has 16 heteroatoms. The number of hydrogen-bond acceptors (Lipinski definition) is 11. The summed E-state index contributed by atoms with van der Waals surface area (Å²) >= 11 is 0. The first kappa shape index (κ1) is 61.8. The molecule has 0 fully saturated rings. The summed E-state index contributed by atoms with van der Waals surface area (Å²) in [6.45, 7) is 4.56. The van der Waals surface area contributed by atoms with Crippen molar-refractivity contribution in [3.8, 4) is 0 Å². The molecule has 0 aliphatic heterocycles. The van der Waals surface area contributed by atoms with E-state index in [9.17, 15) is 23.8 Å². The number of nitrogens with one attached hydrogen (secondary N) is 1. The predicted molar refractivity (Wildman–Crippen MR) is 255 cm³/mol. The van der Waals surface area contributed by atoms with E-state index in [1.54, 1.807) is 0 Å². The normalized spacial score (nSPS) is 12.7. The Hall–Kier alpha value is -2.25. The molecule has 0 heterocycles. The Balaban J connectivity index is 4.50. The summed E-state index contributed by atoms with van der Waals surface area (Å²) < 4.78 is 44.3. The van der Waals surface area contributed by atoms with E-state index >= 15 is 0 Å². The van der Waals surface area contributed by atoms with Crippen molar-refractivity contribution >= 4 is 25.7 Å². The number of ether oxygens (including phenoxy) is 4. The van der Waals surface area contributed by atoms with Gasteiger partial charge < -0.3 is 29.2 Å². The fraction of sp³-hybridized carbons (Fsp3) is 0.938. The molecule has 0 saturated carbocycles. The Morgan fingerprint density at radius 3 is 1.42 bits per heavy atom. The van der Waals surface area contributed by atoms with Gasteiger partial charge >= 0.3 is 19.8 Å². The minimum Gasteiger partial charge on any atom is -0.462 e. The topological polar surface area (TPSA) is 205 Å². The first-order valence-electron chi connectivity index (χ1n) is 25.6. The molecular formula is C48H93N4O11P. The minimum atomic E-state index is -4.59. The van der Waals surface area contributed by atoms with Gasteiger partial charge in [0.25, 0.3) is 0 Å². The number of azide groups is 1. The van der Waals surface area contributed by atoms with Crippen molar-refractivity contribution in [2.75, 3.05) is 59.3 Å². The van der Waals surface area contributed by atoms with Crippen LogP contribution in [0.3, 0.4) is 0 Å². The molecule has 15 nitrogen and oxygen atoms in total. The lowest BCUT2D eigenvalue weighted by molar-refractivity contribution is -0.161. The Labute approximate surface area is 388 Å². The molecule has 376 valence electrons. The number of carbonyl (C=O) groups excluding carboxylic acids is 3. The smallest absolute Gasteiger partial charge is 0.462 e.